The van der Waals surface area contributed by atoms with E-state index in [9.17, 15) is 5.11 Å². The van der Waals surface area contributed by atoms with Gasteiger partial charge in [-0.2, -0.15) is 0 Å². The van der Waals surface area contributed by atoms with Crippen molar-refractivity contribution in [2.24, 2.45) is 10.7 Å². The second kappa shape index (κ2) is 7.36. The van der Waals surface area contributed by atoms with Crippen LogP contribution < -0.4 is 15.8 Å². The van der Waals surface area contributed by atoms with Gasteiger partial charge in [-0.05, 0) is 43.7 Å². The van der Waals surface area contributed by atoms with E-state index in [0.717, 1.165) is 11.3 Å². The molecule has 0 heterocycles. The maximum absolute atomic E-state index is 9.66. The zero-order valence-electron chi connectivity index (χ0n) is 12.8. The van der Waals surface area contributed by atoms with E-state index in [2.05, 4.69) is 10.3 Å². The van der Waals surface area contributed by atoms with Crippen molar-refractivity contribution in [1.29, 1.82) is 0 Å². The summed E-state index contributed by atoms with van der Waals surface area (Å²) in [6.45, 7) is 4.80. The van der Waals surface area contributed by atoms with Gasteiger partial charge in [-0.25, -0.2) is 4.99 Å². The minimum absolute atomic E-state index is 0.125. The average molecular weight is 299 g/mol. The van der Waals surface area contributed by atoms with Crippen LogP contribution in [0.1, 0.15) is 18.1 Å². The minimum atomic E-state index is 0.125. The summed E-state index contributed by atoms with van der Waals surface area (Å²) in [5, 5.41) is 12.7. The number of ether oxygens (including phenoxy) is 1. The highest BCUT2D eigenvalue weighted by atomic mass is 16.5. The summed E-state index contributed by atoms with van der Waals surface area (Å²) in [5.74, 6) is 0.926. The third kappa shape index (κ3) is 4.41. The predicted molar refractivity (Wildman–Crippen MR) is 89.4 cm³/mol. The summed E-state index contributed by atoms with van der Waals surface area (Å²) >= 11 is 0. The molecular weight excluding hydrogens is 278 g/mol. The van der Waals surface area contributed by atoms with Gasteiger partial charge in [-0.1, -0.05) is 23.8 Å². The van der Waals surface area contributed by atoms with Crippen LogP contribution in [0.4, 0.5) is 5.69 Å². The number of nitrogens with two attached hydrogens (primary N) is 1. The molecule has 0 amide bonds. The molecule has 0 saturated carbocycles. The standard InChI is InChI=1S/C17H21N3O2/c1-3-22-16-10-13(6-9-15(16)21)11-19-17(18)20-14-7-4-12(2)5-8-14/h4-10,21H,3,11H2,1-2H3,(H3,18,19,20). The fraction of sp³-hybridized carbons (Fsp3) is 0.235. The molecule has 22 heavy (non-hydrogen) atoms. The maximum Gasteiger partial charge on any atom is 0.193 e. The molecule has 0 fully saturated rings. The van der Waals surface area contributed by atoms with E-state index in [1.807, 2.05) is 38.1 Å². The Hall–Kier alpha value is -2.69. The molecule has 2 aromatic rings. The number of phenolic OH excluding ortho intramolecular Hbond substituents is 1. The molecular formula is C17H21N3O2. The van der Waals surface area contributed by atoms with Crippen molar-refractivity contribution in [3.05, 3.63) is 53.6 Å². The molecule has 0 saturated heterocycles. The fourth-order valence-electron chi connectivity index (χ4n) is 1.93. The van der Waals surface area contributed by atoms with E-state index in [-0.39, 0.29) is 5.75 Å². The quantitative estimate of drug-likeness (QED) is 0.585. The topological polar surface area (TPSA) is 79.9 Å². The van der Waals surface area contributed by atoms with Crippen LogP contribution in [-0.2, 0) is 6.54 Å². The van der Waals surface area contributed by atoms with E-state index < -0.39 is 0 Å². The number of hydrogen-bond acceptors (Lipinski definition) is 3. The highest BCUT2D eigenvalue weighted by Gasteiger charge is 2.03. The van der Waals surface area contributed by atoms with Gasteiger partial charge in [-0.15, -0.1) is 0 Å². The molecule has 116 valence electrons. The predicted octanol–water partition coefficient (Wildman–Crippen LogP) is 3.03. The first-order chi connectivity index (χ1) is 10.6. The summed E-state index contributed by atoms with van der Waals surface area (Å²) in [7, 11) is 0. The fourth-order valence-corrected chi connectivity index (χ4v) is 1.93. The Balaban J connectivity index is 2.01. The number of aryl methyl sites for hydroxylation is 1. The first kappa shape index (κ1) is 15.7. The number of nitrogens with one attached hydrogen (secondary N) is 1. The molecule has 0 aliphatic rings. The molecule has 5 heteroatoms. The van der Waals surface area contributed by atoms with Gasteiger partial charge in [-0.3, -0.25) is 0 Å². The number of nitrogens with zero attached hydrogens (tertiary/aromatic N) is 1. The van der Waals surface area contributed by atoms with E-state index in [0.29, 0.717) is 24.9 Å². The molecule has 0 unspecified atom stereocenters. The summed E-state index contributed by atoms with van der Waals surface area (Å²) in [4.78, 5) is 4.29. The van der Waals surface area contributed by atoms with Crippen molar-refractivity contribution < 1.29 is 9.84 Å². The molecule has 0 radical (unpaired) electrons. The van der Waals surface area contributed by atoms with Crippen molar-refractivity contribution in [1.82, 2.24) is 0 Å². The molecule has 0 aromatic heterocycles. The van der Waals surface area contributed by atoms with Crippen LogP contribution in [-0.4, -0.2) is 17.7 Å². The molecule has 2 rings (SSSR count). The molecule has 5 nitrogen and oxygen atoms in total. The van der Waals surface area contributed by atoms with Crippen LogP contribution in [0.3, 0.4) is 0 Å². The molecule has 0 spiro atoms. The Morgan fingerprint density at radius 1 is 1.23 bits per heavy atom. The molecule has 0 aliphatic heterocycles. The van der Waals surface area contributed by atoms with Gasteiger partial charge in [0.15, 0.2) is 17.5 Å². The third-order valence-corrected chi connectivity index (χ3v) is 3.08. The van der Waals surface area contributed by atoms with Gasteiger partial charge in [0, 0.05) is 5.69 Å². The lowest BCUT2D eigenvalue weighted by Gasteiger charge is -2.08. The summed E-state index contributed by atoms with van der Waals surface area (Å²) in [6.07, 6.45) is 0. The highest BCUT2D eigenvalue weighted by Crippen LogP contribution is 2.27. The van der Waals surface area contributed by atoms with Gasteiger partial charge in [0.1, 0.15) is 0 Å². The Morgan fingerprint density at radius 2 is 1.95 bits per heavy atom. The lowest BCUT2D eigenvalue weighted by Crippen LogP contribution is -2.22. The Bertz CT molecular complexity index is 651. The maximum atomic E-state index is 9.66. The molecule has 0 atom stereocenters. The number of hydrogen-bond donors (Lipinski definition) is 3. The second-order valence-corrected chi connectivity index (χ2v) is 4.93. The summed E-state index contributed by atoms with van der Waals surface area (Å²) in [5.41, 5.74) is 8.87. The molecule has 0 aliphatic carbocycles. The van der Waals surface area contributed by atoms with Crippen molar-refractivity contribution in [3.63, 3.8) is 0 Å². The Kier molecular flexibility index (Phi) is 5.25. The molecule has 0 bridgehead atoms. The number of phenols is 1. The van der Waals surface area contributed by atoms with Crippen molar-refractivity contribution >= 4 is 11.6 Å². The second-order valence-electron chi connectivity index (χ2n) is 4.93. The lowest BCUT2D eigenvalue weighted by molar-refractivity contribution is 0.318. The van der Waals surface area contributed by atoms with Crippen LogP contribution in [0.15, 0.2) is 47.5 Å². The SMILES string of the molecule is CCOc1cc(CN=C(N)Nc2ccc(C)cc2)ccc1O. The van der Waals surface area contributed by atoms with Crippen molar-refractivity contribution in [2.45, 2.75) is 20.4 Å². The van der Waals surface area contributed by atoms with Gasteiger partial charge < -0.3 is 20.9 Å². The highest BCUT2D eigenvalue weighted by molar-refractivity contribution is 5.92. The van der Waals surface area contributed by atoms with Gasteiger partial charge in [0.05, 0.1) is 13.2 Å². The smallest absolute Gasteiger partial charge is 0.193 e. The van der Waals surface area contributed by atoms with Crippen LogP contribution in [0.2, 0.25) is 0 Å². The third-order valence-electron chi connectivity index (χ3n) is 3.08. The van der Waals surface area contributed by atoms with Crippen LogP contribution in [0, 0.1) is 6.92 Å². The van der Waals surface area contributed by atoms with Crippen LogP contribution in [0.25, 0.3) is 0 Å². The van der Waals surface area contributed by atoms with Gasteiger partial charge in [0.25, 0.3) is 0 Å². The van der Waals surface area contributed by atoms with E-state index in [1.54, 1.807) is 18.2 Å². The Labute approximate surface area is 130 Å². The number of rotatable bonds is 5. The summed E-state index contributed by atoms with van der Waals surface area (Å²) in [6, 6.07) is 13.1. The molecule has 4 N–H and O–H groups in total. The lowest BCUT2D eigenvalue weighted by atomic mass is 10.2. The number of aromatic hydroxyl groups is 1. The van der Waals surface area contributed by atoms with E-state index in [1.165, 1.54) is 5.56 Å². The number of aliphatic imine (C=N–C) groups is 1. The van der Waals surface area contributed by atoms with E-state index >= 15 is 0 Å². The van der Waals surface area contributed by atoms with Crippen LogP contribution >= 0.6 is 0 Å². The monoisotopic (exact) mass is 299 g/mol. The van der Waals surface area contributed by atoms with Gasteiger partial charge >= 0.3 is 0 Å². The zero-order valence-corrected chi connectivity index (χ0v) is 12.8. The van der Waals surface area contributed by atoms with E-state index in [4.69, 9.17) is 10.5 Å². The van der Waals surface area contributed by atoms with Crippen molar-refractivity contribution in [2.75, 3.05) is 11.9 Å². The Morgan fingerprint density at radius 3 is 2.64 bits per heavy atom. The molecule has 2 aromatic carbocycles. The largest absolute Gasteiger partial charge is 0.504 e. The van der Waals surface area contributed by atoms with Crippen molar-refractivity contribution in [3.8, 4) is 11.5 Å². The minimum Gasteiger partial charge on any atom is -0.504 e. The normalized spacial score (nSPS) is 11.3. The zero-order chi connectivity index (χ0) is 15.9. The number of guanidine groups is 1. The first-order valence-electron chi connectivity index (χ1n) is 7.16. The number of benzene rings is 2. The summed E-state index contributed by atoms with van der Waals surface area (Å²) < 4.78 is 5.35. The average Bonchev–Trinajstić information content (AvgIpc) is 2.50. The number of anilines is 1. The van der Waals surface area contributed by atoms with Gasteiger partial charge in [0.2, 0.25) is 0 Å². The van der Waals surface area contributed by atoms with Crippen LogP contribution in [0.5, 0.6) is 11.5 Å². The first-order valence-corrected chi connectivity index (χ1v) is 7.16.